The molecule has 0 heterocycles. The maximum absolute atomic E-state index is 10.9. The Morgan fingerprint density at radius 1 is 1.47 bits per heavy atom. The molecule has 0 saturated heterocycles. The smallest absolute Gasteiger partial charge is 0.258 e. The van der Waals surface area contributed by atoms with Gasteiger partial charge in [0, 0.05) is 21.5 Å². The summed E-state index contributed by atoms with van der Waals surface area (Å²) in [4.78, 5) is 10.7. The number of halogens is 2. The van der Waals surface area contributed by atoms with Gasteiger partial charge in [0.1, 0.15) is 0 Å². The van der Waals surface area contributed by atoms with E-state index in [0.29, 0.717) is 17.0 Å². The van der Waals surface area contributed by atoms with Crippen LogP contribution in [0.3, 0.4) is 0 Å². The predicted molar refractivity (Wildman–Crippen MR) is 74.0 cm³/mol. The van der Waals surface area contributed by atoms with Crippen LogP contribution in [0, 0.1) is 15.5 Å². The molecule has 0 bridgehead atoms. The molecule has 94 valence electrons. The van der Waals surface area contributed by atoms with Gasteiger partial charge in [-0.25, -0.2) is 0 Å². The van der Waals surface area contributed by atoms with E-state index in [2.05, 4.69) is 36.7 Å². The fourth-order valence-corrected chi connectivity index (χ4v) is 1.89. The number of hydrogen-bond acceptors (Lipinski definition) is 2. The van der Waals surface area contributed by atoms with E-state index in [1.165, 1.54) is 6.07 Å². The second-order valence-electron chi connectivity index (χ2n) is 5.07. The Kier molecular flexibility index (Phi) is 4.55. The largest absolute Gasteiger partial charge is 0.274 e. The summed E-state index contributed by atoms with van der Waals surface area (Å²) in [5.74, 6) is 0. The molecule has 0 spiro atoms. The first-order valence-electron chi connectivity index (χ1n) is 5.28. The van der Waals surface area contributed by atoms with Crippen molar-refractivity contribution in [1.29, 1.82) is 0 Å². The zero-order valence-corrected chi connectivity index (χ0v) is 12.4. The Morgan fingerprint density at radius 2 is 2.06 bits per heavy atom. The second kappa shape index (κ2) is 5.36. The standard InChI is InChI=1S/C12H15BrClNO2/c1-12(2,3)11(13)6-8-4-5-9(14)7-10(8)15(16)17/h4-5,7,11H,6H2,1-3H3. The highest BCUT2D eigenvalue weighted by atomic mass is 79.9. The molecule has 1 atom stereocenters. The highest BCUT2D eigenvalue weighted by Crippen LogP contribution is 2.32. The van der Waals surface area contributed by atoms with Gasteiger partial charge >= 0.3 is 0 Å². The Hall–Kier alpha value is -0.610. The van der Waals surface area contributed by atoms with Gasteiger partial charge in [-0.05, 0) is 17.9 Å². The van der Waals surface area contributed by atoms with Crippen LogP contribution in [0.4, 0.5) is 5.69 Å². The quantitative estimate of drug-likeness (QED) is 0.464. The monoisotopic (exact) mass is 319 g/mol. The summed E-state index contributed by atoms with van der Waals surface area (Å²) in [5.41, 5.74) is 0.843. The van der Waals surface area contributed by atoms with Crippen LogP contribution in [0.25, 0.3) is 0 Å². The Bertz CT molecular complexity index is 429. The number of nitro benzene ring substituents is 1. The fraction of sp³-hybridized carbons (Fsp3) is 0.500. The van der Waals surface area contributed by atoms with Crippen molar-refractivity contribution in [1.82, 2.24) is 0 Å². The third kappa shape index (κ3) is 3.96. The van der Waals surface area contributed by atoms with Crippen LogP contribution in [-0.4, -0.2) is 9.75 Å². The molecule has 1 aromatic rings. The van der Waals surface area contributed by atoms with Crippen molar-refractivity contribution in [2.24, 2.45) is 5.41 Å². The summed E-state index contributed by atoms with van der Waals surface area (Å²) in [6.45, 7) is 6.27. The lowest BCUT2D eigenvalue weighted by molar-refractivity contribution is -0.385. The van der Waals surface area contributed by atoms with Crippen LogP contribution in [-0.2, 0) is 6.42 Å². The van der Waals surface area contributed by atoms with E-state index in [9.17, 15) is 10.1 Å². The normalized spacial score (nSPS) is 13.5. The predicted octanol–water partition coefficient (Wildman–Crippen LogP) is 4.60. The third-order valence-corrected chi connectivity index (χ3v) is 4.52. The molecule has 1 unspecified atom stereocenters. The van der Waals surface area contributed by atoms with Crippen molar-refractivity contribution in [2.45, 2.75) is 32.0 Å². The van der Waals surface area contributed by atoms with Gasteiger partial charge in [-0.1, -0.05) is 54.4 Å². The summed E-state index contributed by atoms with van der Waals surface area (Å²) in [6, 6.07) is 4.81. The molecule has 0 aliphatic rings. The van der Waals surface area contributed by atoms with Crippen LogP contribution in [0.5, 0.6) is 0 Å². The Labute approximate surface area is 114 Å². The maximum atomic E-state index is 10.9. The average molecular weight is 321 g/mol. The van der Waals surface area contributed by atoms with Gasteiger partial charge < -0.3 is 0 Å². The molecule has 3 nitrogen and oxygen atoms in total. The van der Waals surface area contributed by atoms with Crippen LogP contribution in [0.1, 0.15) is 26.3 Å². The van der Waals surface area contributed by atoms with Gasteiger partial charge in [0.15, 0.2) is 0 Å². The maximum Gasteiger partial charge on any atom is 0.274 e. The molecule has 17 heavy (non-hydrogen) atoms. The number of hydrogen-bond donors (Lipinski definition) is 0. The van der Waals surface area contributed by atoms with Crippen molar-refractivity contribution < 1.29 is 4.92 Å². The minimum absolute atomic E-state index is 0.0491. The molecule has 0 amide bonds. The molecule has 0 fully saturated rings. The number of nitro groups is 1. The van der Waals surface area contributed by atoms with Crippen molar-refractivity contribution in [3.8, 4) is 0 Å². The van der Waals surface area contributed by atoms with E-state index >= 15 is 0 Å². The number of benzene rings is 1. The van der Waals surface area contributed by atoms with E-state index in [1.807, 2.05) is 0 Å². The Balaban J connectivity index is 3.03. The summed E-state index contributed by atoms with van der Waals surface area (Å²) >= 11 is 9.35. The summed E-state index contributed by atoms with van der Waals surface area (Å²) in [6.07, 6.45) is 0.608. The first-order valence-corrected chi connectivity index (χ1v) is 6.58. The lowest BCUT2D eigenvalue weighted by Gasteiger charge is -2.25. The van der Waals surface area contributed by atoms with Crippen LogP contribution in [0.2, 0.25) is 5.02 Å². The molecule has 0 saturated carbocycles. The molecule has 0 radical (unpaired) electrons. The lowest BCUT2D eigenvalue weighted by Crippen LogP contribution is -2.22. The first-order chi connectivity index (χ1) is 7.71. The minimum Gasteiger partial charge on any atom is -0.258 e. The summed E-state index contributed by atoms with van der Waals surface area (Å²) < 4.78 is 0. The van der Waals surface area contributed by atoms with Gasteiger partial charge in [0.05, 0.1) is 4.92 Å². The fourth-order valence-electron chi connectivity index (χ4n) is 1.38. The molecular formula is C12H15BrClNO2. The van der Waals surface area contributed by atoms with E-state index in [0.717, 1.165) is 0 Å². The lowest BCUT2D eigenvalue weighted by atomic mass is 9.88. The highest BCUT2D eigenvalue weighted by molar-refractivity contribution is 9.09. The number of alkyl halides is 1. The zero-order valence-electron chi connectivity index (χ0n) is 10.0. The molecule has 0 aliphatic heterocycles. The molecule has 1 aromatic carbocycles. The summed E-state index contributed by atoms with van der Waals surface area (Å²) in [5, 5.41) is 11.3. The van der Waals surface area contributed by atoms with Crippen LogP contribution in [0.15, 0.2) is 18.2 Å². The van der Waals surface area contributed by atoms with Crippen molar-refractivity contribution in [3.63, 3.8) is 0 Å². The molecule has 0 aromatic heterocycles. The zero-order chi connectivity index (χ0) is 13.2. The van der Waals surface area contributed by atoms with Crippen molar-refractivity contribution >= 4 is 33.2 Å². The second-order valence-corrected chi connectivity index (χ2v) is 6.61. The molecule has 5 heteroatoms. The van der Waals surface area contributed by atoms with Crippen LogP contribution < -0.4 is 0 Å². The number of rotatable bonds is 3. The average Bonchev–Trinajstić information content (AvgIpc) is 2.18. The molecule has 0 aliphatic carbocycles. The first kappa shape index (κ1) is 14.5. The number of nitrogens with zero attached hydrogens (tertiary/aromatic N) is 1. The van der Waals surface area contributed by atoms with Gasteiger partial charge in [0.25, 0.3) is 5.69 Å². The van der Waals surface area contributed by atoms with Gasteiger partial charge in [-0.3, -0.25) is 10.1 Å². The van der Waals surface area contributed by atoms with Gasteiger partial charge in [0.2, 0.25) is 0 Å². The van der Waals surface area contributed by atoms with E-state index < -0.39 is 0 Å². The van der Waals surface area contributed by atoms with Crippen molar-refractivity contribution in [3.05, 3.63) is 38.9 Å². The topological polar surface area (TPSA) is 43.1 Å². The van der Waals surface area contributed by atoms with Gasteiger partial charge in [-0.2, -0.15) is 0 Å². The van der Waals surface area contributed by atoms with Gasteiger partial charge in [-0.15, -0.1) is 0 Å². The van der Waals surface area contributed by atoms with Crippen LogP contribution >= 0.6 is 27.5 Å². The minimum atomic E-state index is -0.385. The Morgan fingerprint density at radius 3 is 2.53 bits per heavy atom. The molecular weight excluding hydrogens is 305 g/mol. The molecule has 0 N–H and O–H groups in total. The van der Waals surface area contributed by atoms with Crippen molar-refractivity contribution in [2.75, 3.05) is 0 Å². The molecule has 1 rings (SSSR count). The third-order valence-electron chi connectivity index (χ3n) is 2.58. The van der Waals surface area contributed by atoms with E-state index in [1.54, 1.807) is 12.1 Å². The SMILES string of the molecule is CC(C)(C)C(Br)Cc1ccc(Cl)cc1[N+](=O)[O-]. The summed E-state index contributed by atoms with van der Waals surface area (Å²) in [7, 11) is 0. The van der Waals surface area contributed by atoms with E-state index in [4.69, 9.17) is 11.6 Å². The van der Waals surface area contributed by atoms with E-state index in [-0.39, 0.29) is 20.9 Å². The highest BCUT2D eigenvalue weighted by Gasteiger charge is 2.25.